The van der Waals surface area contributed by atoms with Gasteiger partial charge < -0.3 is 14.7 Å². The maximum atomic E-state index is 13.8. The molecule has 34 heavy (non-hydrogen) atoms. The van der Waals surface area contributed by atoms with Gasteiger partial charge in [-0.15, -0.1) is 0 Å². The van der Waals surface area contributed by atoms with Crippen LogP contribution in [-0.4, -0.2) is 71.9 Å². The second-order valence-corrected chi connectivity index (χ2v) is 10.7. The SMILES string of the molecule is Cc1nc(N(C)C)cc([C@@]2(C)CCCN(C(=O)C3(C)CCN(C(=O)c4ccccc4)CC3)C2)n1. The Morgan fingerprint density at radius 2 is 1.62 bits per heavy atom. The fraction of sp³-hybridized carbons (Fsp3) is 0.556. The van der Waals surface area contributed by atoms with Gasteiger partial charge in [-0.3, -0.25) is 9.59 Å². The molecule has 0 spiro atoms. The molecule has 1 aromatic carbocycles. The van der Waals surface area contributed by atoms with Crippen LogP contribution < -0.4 is 4.90 Å². The Balaban J connectivity index is 1.45. The number of aryl methyl sites for hydroxylation is 1. The maximum absolute atomic E-state index is 13.8. The monoisotopic (exact) mass is 463 g/mol. The molecule has 4 rings (SSSR count). The van der Waals surface area contributed by atoms with Gasteiger partial charge in [0.05, 0.1) is 5.69 Å². The molecule has 0 N–H and O–H groups in total. The van der Waals surface area contributed by atoms with Gasteiger partial charge in [0.2, 0.25) is 5.91 Å². The van der Waals surface area contributed by atoms with Crippen LogP contribution >= 0.6 is 0 Å². The molecule has 2 amide bonds. The Hall–Kier alpha value is -2.96. The third kappa shape index (κ3) is 4.79. The first-order valence-corrected chi connectivity index (χ1v) is 12.3. The molecule has 3 heterocycles. The topological polar surface area (TPSA) is 69.6 Å². The van der Waals surface area contributed by atoms with Crippen molar-refractivity contribution in [3.05, 3.63) is 53.5 Å². The summed E-state index contributed by atoms with van der Waals surface area (Å²) < 4.78 is 0. The standard InChI is InChI=1S/C27H37N5O2/c1-20-28-22(18-23(29-20)30(4)5)27(3)12-9-15-32(19-27)25(34)26(2)13-16-31(17-14-26)24(33)21-10-7-6-8-11-21/h6-8,10-11,18H,9,12-17,19H2,1-5H3/t27-/m0/s1. The highest BCUT2D eigenvalue weighted by Crippen LogP contribution is 2.38. The maximum Gasteiger partial charge on any atom is 0.253 e. The summed E-state index contributed by atoms with van der Waals surface area (Å²) in [6.45, 7) is 8.88. The summed E-state index contributed by atoms with van der Waals surface area (Å²) >= 11 is 0. The molecule has 2 saturated heterocycles. The van der Waals surface area contributed by atoms with Crippen LogP contribution in [0.25, 0.3) is 0 Å². The van der Waals surface area contributed by atoms with Gasteiger partial charge in [0, 0.05) is 62.7 Å². The van der Waals surface area contributed by atoms with Gasteiger partial charge in [-0.2, -0.15) is 0 Å². The number of hydrogen-bond donors (Lipinski definition) is 0. The average Bonchev–Trinajstić information content (AvgIpc) is 2.84. The Labute approximate surface area is 203 Å². The van der Waals surface area contributed by atoms with Crippen molar-refractivity contribution < 1.29 is 9.59 Å². The first-order chi connectivity index (χ1) is 16.1. The van der Waals surface area contributed by atoms with E-state index in [2.05, 4.69) is 24.9 Å². The van der Waals surface area contributed by atoms with Crippen molar-refractivity contribution in [3.63, 3.8) is 0 Å². The third-order valence-electron chi connectivity index (χ3n) is 7.58. The number of anilines is 1. The summed E-state index contributed by atoms with van der Waals surface area (Å²) in [5.74, 6) is 1.92. The van der Waals surface area contributed by atoms with Crippen molar-refractivity contribution in [3.8, 4) is 0 Å². The van der Waals surface area contributed by atoms with Crippen LogP contribution in [0.1, 0.15) is 61.4 Å². The summed E-state index contributed by atoms with van der Waals surface area (Å²) in [5, 5.41) is 0. The number of hydrogen-bond acceptors (Lipinski definition) is 5. The predicted octanol–water partition coefficient (Wildman–Crippen LogP) is 3.67. The van der Waals surface area contributed by atoms with Crippen molar-refractivity contribution in [2.75, 3.05) is 45.2 Å². The number of amides is 2. The van der Waals surface area contributed by atoms with Gasteiger partial charge in [0.1, 0.15) is 11.6 Å². The number of likely N-dealkylation sites (tertiary alicyclic amines) is 2. The molecule has 2 fully saturated rings. The molecule has 0 radical (unpaired) electrons. The number of carbonyl (C=O) groups excluding carboxylic acids is 2. The van der Waals surface area contributed by atoms with Crippen LogP contribution in [0.4, 0.5) is 5.82 Å². The number of nitrogens with zero attached hydrogens (tertiary/aromatic N) is 5. The molecule has 0 unspecified atom stereocenters. The van der Waals surface area contributed by atoms with E-state index in [1.807, 2.05) is 66.1 Å². The van der Waals surface area contributed by atoms with Crippen LogP contribution in [0.3, 0.4) is 0 Å². The highest BCUT2D eigenvalue weighted by Gasteiger charge is 2.44. The molecule has 2 aromatic rings. The van der Waals surface area contributed by atoms with Gasteiger partial charge in [-0.1, -0.05) is 32.0 Å². The molecule has 7 nitrogen and oxygen atoms in total. The molecule has 1 atom stereocenters. The van der Waals surface area contributed by atoms with Crippen LogP contribution in [0.5, 0.6) is 0 Å². The molecule has 0 aliphatic carbocycles. The first kappa shape index (κ1) is 24.2. The third-order valence-corrected chi connectivity index (χ3v) is 7.58. The zero-order chi connectivity index (χ0) is 24.5. The normalized spacial score (nSPS) is 22.4. The number of rotatable bonds is 4. The number of piperidine rings is 2. The fourth-order valence-electron chi connectivity index (χ4n) is 5.27. The lowest BCUT2D eigenvalue weighted by molar-refractivity contribution is -0.146. The van der Waals surface area contributed by atoms with E-state index in [-0.39, 0.29) is 17.2 Å². The minimum atomic E-state index is -0.442. The van der Waals surface area contributed by atoms with Crippen molar-refractivity contribution in [1.82, 2.24) is 19.8 Å². The van der Waals surface area contributed by atoms with E-state index >= 15 is 0 Å². The summed E-state index contributed by atoms with van der Waals surface area (Å²) in [6, 6.07) is 11.5. The van der Waals surface area contributed by atoms with Crippen LogP contribution in [0, 0.1) is 12.3 Å². The number of aromatic nitrogens is 2. The van der Waals surface area contributed by atoms with Gasteiger partial charge in [0.15, 0.2) is 0 Å². The largest absolute Gasteiger partial charge is 0.363 e. The van der Waals surface area contributed by atoms with Crippen molar-refractivity contribution in [2.24, 2.45) is 5.41 Å². The first-order valence-electron chi connectivity index (χ1n) is 12.3. The molecule has 2 aliphatic heterocycles. The molecule has 0 bridgehead atoms. The number of carbonyl (C=O) groups is 2. The van der Waals surface area contributed by atoms with Crippen LogP contribution in [0.15, 0.2) is 36.4 Å². The van der Waals surface area contributed by atoms with E-state index in [1.54, 1.807) is 0 Å². The van der Waals surface area contributed by atoms with E-state index in [9.17, 15) is 9.59 Å². The summed E-state index contributed by atoms with van der Waals surface area (Å²) in [5.41, 5.74) is 1.07. The van der Waals surface area contributed by atoms with E-state index in [4.69, 9.17) is 4.98 Å². The minimum Gasteiger partial charge on any atom is -0.363 e. The van der Waals surface area contributed by atoms with Gasteiger partial charge in [-0.25, -0.2) is 9.97 Å². The highest BCUT2D eigenvalue weighted by molar-refractivity contribution is 5.94. The van der Waals surface area contributed by atoms with Crippen LogP contribution in [-0.2, 0) is 10.2 Å². The zero-order valence-electron chi connectivity index (χ0n) is 21.2. The average molecular weight is 464 g/mol. The quantitative estimate of drug-likeness (QED) is 0.692. The second kappa shape index (κ2) is 9.35. The fourth-order valence-corrected chi connectivity index (χ4v) is 5.27. The molecular weight excluding hydrogens is 426 g/mol. The minimum absolute atomic E-state index is 0.0523. The van der Waals surface area contributed by atoms with Crippen molar-refractivity contribution >= 4 is 17.6 Å². The Morgan fingerprint density at radius 1 is 0.941 bits per heavy atom. The van der Waals surface area contributed by atoms with Gasteiger partial charge in [-0.05, 0) is 44.7 Å². The van der Waals surface area contributed by atoms with E-state index in [0.29, 0.717) is 38.0 Å². The summed E-state index contributed by atoms with van der Waals surface area (Å²) in [7, 11) is 3.97. The lowest BCUT2D eigenvalue weighted by Gasteiger charge is -2.46. The highest BCUT2D eigenvalue weighted by atomic mass is 16.2. The predicted molar refractivity (Wildman–Crippen MR) is 134 cm³/mol. The second-order valence-electron chi connectivity index (χ2n) is 10.7. The number of benzene rings is 1. The lowest BCUT2D eigenvalue weighted by Crippen LogP contribution is -2.54. The van der Waals surface area contributed by atoms with Gasteiger partial charge >= 0.3 is 0 Å². The lowest BCUT2D eigenvalue weighted by atomic mass is 9.75. The molecule has 0 saturated carbocycles. The van der Waals surface area contributed by atoms with Crippen LogP contribution in [0.2, 0.25) is 0 Å². The zero-order valence-corrected chi connectivity index (χ0v) is 21.2. The van der Waals surface area contributed by atoms with E-state index in [0.717, 1.165) is 36.7 Å². The Morgan fingerprint density at radius 3 is 2.26 bits per heavy atom. The Kier molecular flexibility index (Phi) is 6.65. The summed E-state index contributed by atoms with van der Waals surface area (Å²) in [6.07, 6.45) is 3.33. The van der Waals surface area contributed by atoms with E-state index < -0.39 is 5.41 Å². The smallest absolute Gasteiger partial charge is 0.253 e. The van der Waals surface area contributed by atoms with Crippen molar-refractivity contribution in [2.45, 2.75) is 51.9 Å². The molecule has 1 aromatic heterocycles. The molecule has 2 aliphatic rings. The van der Waals surface area contributed by atoms with Crippen molar-refractivity contribution in [1.29, 1.82) is 0 Å². The van der Waals surface area contributed by atoms with E-state index in [1.165, 1.54) is 0 Å². The molecule has 182 valence electrons. The Bertz CT molecular complexity index is 1050. The van der Waals surface area contributed by atoms with Gasteiger partial charge in [0.25, 0.3) is 5.91 Å². The molecule has 7 heteroatoms. The summed E-state index contributed by atoms with van der Waals surface area (Å²) in [4.78, 5) is 41.9. The molecular formula is C27H37N5O2.